The zero-order valence-corrected chi connectivity index (χ0v) is 10.1. The van der Waals surface area contributed by atoms with Crippen LogP contribution in [0.25, 0.3) is 0 Å². The summed E-state index contributed by atoms with van der Waals surface area (Å²) >= 11 is 0. The third kappa shape index (κ3) is 3.09. The molecule has 18 heavy (non-hydrogen) atoms. The molecule has 0 saturated heterocycles. The lowest BCUT2D eigenvalue weighted by atomic mass is 9.74. The summed E-state index contributed by atoms with van der Waals surface area (Å²) in [5.41, 5.74) is -0.507. The van der Waals surface area contributed by atoms with Gasteiger partial charge < -0.3 is 10.4 Å². The van der Waals surface area contributed by atoms with Gasteiger partial charge >= 0.3 is 5.97 Å². The average molecular weight is 251 g/mol. The monoisotopic (exact) mass is 251 g/mol. The zero-order chi connectivity index (χ0) is 13.0. The third-order valence-electron chi connectivity index (χ3n) is 3.33. The Morgan fingerprint density at radius 3 is 2.72 bits per heavy atom. The predicted octanol–water partition coefficient (Wildman–Crippen LogP) is 0.787. The maximum absolute atomic E-state index is 11.8. The van der Waals surface area contributed by atoms with Crippen molar-refractivity contribution in [3.05, 3.63) is 18.5 Å². The summed E-state index contributed by atoms with van der Waals surface area (Å²) in [4.78, 5) is 22.6. The standard InChI is InChI=1S/C12H17N3O3/c16-10(3-8-15-7-2-6-13-15)14-12(4-1-5-12)9-11(17)18/h2,6-7H,1,3-5,8-9H2,(H,14,16)(H,17,18). The van der Waals surface area contributed by atoms with E-state index in [4.69, 9.17) is 5.11 Å². The molecule has 98 valence electrons. The molecule has 2 rings (SSSR count). The number of nitrogens with one attached hydrogen (secondary N) is 1. The number of aliphatic carboxylic acids is 1. The largest absolute Gasteiger partial charge is 0.481 e. The number of carbonyl (C=O) groups excluding carboxylic acids is 1. The fourth-order valence-electron chi connectivity index (χ4n) is 2.25. The number of carbonyl (C=O) groups is 2. The molecule has 0 aromatic carbocycles. The highest BCUT2D eigenvalue weighted by Gasteiger charge is 2.40. The van der Waals surface area contributed by atoms with Crippen LogP contribution in [0, 0.1) is 0 Å². The molecule has 0 radical (unpaired) electrons. The molecule has 2 N–H and O–H groups in total. The minimum Gasteiger partial charge on any atom is -0.481 e. The van der Waals surface area contributed by atoms with Gasteiger partial charge in [-0.05, 0) is 25.3 Å². The van der Waals surface area contributed by atoms with Crippen LogP contribution in [0.5, 0.6) is 0 Å². The fourth-order valence-corrected chi connectivity index (χ4v) is 2.25. The van der Waals surface area contributed by atoms with E-state index in [9.17, 15) is 9.59 Å². The van der Waals surface area contributed by atoms with Crippen molar-refractivity contribution >= 4 is 11.9 Å². The second-order valence-corrected chi connectivity index (χ2v) is 4.77. The topological polar surface area (TPSA) is 84.2 Å². The van der Waals surface area contributed by atoms with Crippen LogP contribution in [0.2, 0.25) is 0 Å². The Hall–Kier alpha value is -1.85. The first kappa shape index (κ1) is 12.6. The van der Waals surface area contributed by atoms with Crippen molar-refractivity contribution in [1.82, 2.24) is 15.1 Å². The van der Waals surface area contributed by atoms with Gasteiger partial charge in [-0.2, -0.15) is 5.10 Å². The van der Waals surface area contributed by atoms with Crippen molar-refractivity contribution < 1.29 is 14.7 Å². The van der Waals surface area contributed by atoms with Gasteiger partial charge in [0.05, 0.1) is 12.0 Å². The number of hydrogen-bond donors (Lipinski definition) is 2. The molecule has 0 spiro atoms. The minimum atomic E-state index is -0.859. The van der Waals surface area contributed by atoms with E-state index in [0.29, 0.717) is 13.0 Å². The van der Waals surface area contributed by atoms with Crippen LogP contribution in [0.15, 0.2) is 18.5 Å². The number of carboxylic acid groups (broad SMARTS) is 1. The van der Waals surface area contributed by atoms with Crippen molar-refractivity contribution in [1.29, 1.82) is 0 Å². The second-order valence-electron chi connectivity index (χ2n) is 4.77. The van der Waals surface area contributed by atoms with Crippen LogP contribution in [0.4, 0.5) is 0 Å². The van der Waals surface area contributed by atoms with Gasteiger partial charge in [-0.3, -0.25) is 14.3 Å². The highest BCUT2D eigenvalue weighted by molar-refractivity contribution is 5.78. The van der Waals surface area contributed by atoms with Crippen LogP contribution in [0.1, 0.15) is 32.1 Å². The molecule has 6 heteroatoms. The maximum atomic E-state index is 11.8. The van der Waals surface area contributed by atoms with E-state index < -0.39 is 11.5 Å². The molecule has 0 aliphatic heterocycles. The lowest BCUT2D eigenvalue weighted by molar-refractivity contribution is -0.140. The molecule has 1 aliphatic carbocycles. The Morgan fingerprint density at radius 1 is 1.44 bits per heavy atom. The van der Waals surface area contributed by atoms with Gasteiger partial charge in [0.1, 0.15) is 0 Å². The van der Waals surface area contributed by atoms with Gasteiger partial charge in [-0.25, -0.2) is 0 Å². The maximum Gasteiger partial charge on any atom is 0.305 e. The summed E-state index contributed by atoms with van der Waals surface area (Å²) in [7, 11) is 0. The first-order chi connectivity index (χ1) is 8.60. The van der Waals surface area contributed by atoms with E-state index in [0.717, 1.165) is 19.3 Å². The molecule has 1 heterocycles. The smallest absolute Gasteiger partial charge is 0.305 e. The Kier molecular flexibility index (Phi) is 3.64. The van der Waals surface area contributed by atoms with E-state index >= 15 is 0 Å². The highest BCUT2D eigenvalue weighted by Crippen LogP contribution is 2.34. The van der Waals surface area contributed by atoms with E-state index in [1.807, 2.05) is 0 Å². The minimum absolute atomic E-state index is 0.0144. The number of aromatic nitrogens is 2. The Bertz CT molecular complexity index is 424. The Labute approximate surface area is 105 Å². The average Bonchev–Trinajstić information content (AvgIpc) is 2.75. The number of rotatable bonds is 6. The number of nitrogens with zero attached hydrogens (tertiary/aromatic N) is 2. The summed E-state index contributed by atoms with van der Waals surface area (Å²) < 4.78 is 1.68. The van der Waals surface area contributed by atoms with E-state index in [1.165, 1.54) is 0 Å². The molecule has 1 amide bonds. The van der Waals surface area contributed by atoms with Gasteiger partial charge in [0.25, 0.3) is 0 Å². The summed E-state index contributed by atoms with van der Waals surface area (Å²) in [6.45, 7) is 0.516. The van der Waals surface area contributed by atoms with Gasteiger partial charge in [-0.15, -0.1) is 0 Å². The summed E-state index contributed by atoms with van der Waals surface area (Å²) in [6, 6.07) is 1.80. The van der Waals surface area contributed by atoms with E-state index in [-0.39, 0.29) is 12.3 Å². The van der Waals surface area contributed by atoms with Gasteiger partial charge in [-0.1, -0.05) is 0 Å². The highest BCUT2D eigenvalue weighted by atomic mass is 16.4. The number of hydrogen-bond acceptors (Lipinski definition) is 3. The number of aryl methyl sites for hydroxylation is 1. The molecule has 0 bridgehead atoms. The molecule has 0 atom stereocenters. The normalized spacial score (nSPS) is 16.9. The molecule has 1 fully saturated rings. The summed E-state index contributed by atoms with van der Waals surface area (Å²) in [5, 5.41) is 15.7. The van der Waals surface area contributed by atoms with Crippen molar-refractivity contribution in [2.45, 2.75) is 44.2 Å². The lowest BCUT2D eigenvalue weighted by Crippen LogP contribution is -2.54. The molecular weight excluding hydrogens is 234 g/mol. The second kappa shape index (κ2) is 5.20. The van der Waals surface area contributed by atoms with Crippen molar-refractivity contribution in [2.24, 2.45) is 0 Å². The van der Waals surface area contributed by atoms with Crippen LogP contribution in [-0.2, 0) is 16.1 Å². The van der Waals surface area contributed by atoms with Crippen molar-refractivity contribution in [2.75, 3.05) is 0 Å². The zero-order valence-electron chi connectivity index (χ0n) is 10.1. The van der Waals surface area contributed by atoms with E-state index in [2.05, 4.69) is 10.4 Å². The van der Waals surface area contributed by atoms with Crippen LogP contribution >= 0.6 is 0 Å². The Morgan fingerprint density at radius 2 is 2.22 bits per heavy atom. The molecular formula is C12H17N3O3. The first-order valence-electron chi connectivity index (χ1n) is 6.10. The summed E-state index contributed by atoms with van der Waals surface area (Å²) in [6.07, 6.45) is 6.29. The lowest BCUT2D eigenvalue weighted by Gasteiger charge is -2.41. The van der Waals surface area contributed by atoms with Crippen LogP contribution in [0.3, 0.4) is 0 Å². The van der Waals surface area contributed by atoms with Crippen LogP contribution < -0.4 is 5.32 Å². The molecule has 1 aliphatic rings. The molecule has 6 nitrogen and oxygen atoms in total. The predicted molar refractivity (Wildman–Crippen MR) is 63.8 cm³/mol. The van der Waals surface area contributed by atoms with Gasteiger partial charge in [0.2, 0.25) is 5.91 Å². The van der Waals surface area contributed by atoms with E-state index in [1.54, 1.807) is 23.1 Å². The summed E-state index contributed by atoms with van der Waals surface area (Å²) in [5.74, 6) is -0.964. The molecule has 0 unspecified atom stereocenters. The molecule has 1 aromatic rings. The number of carboxylic acids is 1. The first-order valence-corrected chi connectivity index (χ1v) is 6.10. The molecule has 1 saturated carbocycles. The van der Waals surface area contributed by atoms with Gasteiger partial charge in [0.15, 0.2) is 0 Å². The SMILES string of the molecule is O=C(O)CC1(NC(=O)CCn2cccn2)CCC1. The molecule has 1 aromatic heterocycles. The van der Waals surface area contributed by atoms with Crippen LogP contribution in [-0.4, -0.2) is 32.3 Å². The Balaban J connectivity index is 1.80. The van der Waals surface area contributed by atoms with Crippen molar-refractivity contribution in [3.63, 3.8) is 0 Å². The van der Waals surface area contributed by atoms with Gasteiger partial charge in [0, 0.05) is 25.4 Å². The quantitative estimate of drug-likeness (QED) is 0.782. The third-order valence-corrected chi connectivity index (χ3v) is 3.33. The number of amides is 1. The fraction of sp³-hybridized carbons (Fsp3) is 0.583. The van der Waals surface area contributed by atoms with Crippen molar-refractivity contribution in [3.8, 4) is 0 Å².